The first-order chi connectivity index (χ1) is 16.9. The van der Waals surface area contributed by atoms with Crippen molar-refractivity contribution in [2.24, 2.45) is 0 Å². The number of aliphatic hydroxyl groups is 1. The molecule has 194 valence electrons. The quantitative estimate of drug-likeness (QED) is 0.157. The number of methoxy groups -OCH3 is 1. The number of thiophene rings is 1. The largest absolute Gasteiger partial charge is 0.479 e. The number of aromatic nitrogens is 4. The van der Waals surface area contributed by atoms with E-state index in [2.05, 4.69) is 15.0 Å². The predicted molar refractivity (Wildman–Crippen MR) is 121 cm³/mol. The van der Waals surface area contributed by atoms with Gasteiger partial charge in [0, 0.05) is 18.4 Å². The lowest BCUT2D eigenvalue weighted by Crippen LogP contribution is -2.53. The summed E-state index contributed by atoms with van der Waals surface area (Å²) in [5, 5.41) is 38.7. The van der Waals surface area contributed by atoms with Crippen molar-refractivity contribution in [2.45, 2.75) is 30.5 Å². The third-order valence-electron chi connectivity index (χ3n) is 5.13. The number of ether oxygens (including phenoxy) is 2. The molecule has 0 fully saturated rings. The van der Waals surface area contributed by atoms with Crippen molar-refractivity contribution >= 4 is 57.8 Å². The maximum Gasteiger partial charge on any atom is 0.348 e. The van der Waals surface area contributed by atoms with Gasteiger partial charge >= 0.3 is 17.9 Å². The Morgan fingerprint density at radius 3 is 2.47 bits per heavy atom. The molecule has 0 bridgehead atoms. The zero-order valence-corrected chi connectivity index (χ0v) is 19.8. The van der Waals surface area contributed by atoms with E-state index in [0.717, 1.165) is 18.0 Å². The van der Waals surface area contributed by atoms with Crippen molar-refractivity contribution in [1.29, 1.82) is 0 Å². The molecule has 3 aromatic rings. The van der Waals surface area contributed by atoms with Gasteiger partial charge in [-0.05, 0) is 23.7 Å². The Labute approximate surface area is 209 Å². The van der Waals surface area contributed by atoms with Crippen molar-refractivity contribution in [3.63, 3.8) is 0 Å². The number of aliphatic hydroxyl groups excluding tert-OH is 1. The molecule has 0 saturated heterocycles. The summed E-state index contributed by atoms with van der Waals surface area (Å²) < 4.78 is 26.3. The first-order valence-electron chi connectivity index (χ1n) is 9.84. The number of aliphatic carboxylic acids is 2. The molecule has 0 aliphatic heterocycles. The van der Waals surface area contributed by atoms with E-state index < -0.39 is 55.0 Å². The molecule has 3 rings (SSSR count). The molecule has 3 aromatic heterocycles. The van der Waals surface area contributed by atoms with Gasteiger partial charge < -0.3 is 35.6 Å². The van der Waals surface area contributed by atoms with E-state index >= 15 is 4.39 Å². The van der Waals surface area contributed by atoms with Crippen LogP contribution in [-0.4, -0.2) is 89.4 Å². The Morgan fingerprint density at radius 2 is 1.92 bits per heavy atom. The Bertz CT molecular complexity index is 1290. The number of halogens is 2. The summed E-state index contributed by atoms with van der Waals surface area (Å²) in [6, 6.07) is 2.44. The number of fused-ring (bicyclic) bond motifs is 1. The van der Waals surface area contributed by atoms with Gasteiger partial charge in [-0.2, -0.15) is 9.97 Å². The van der Waals surface area contributed by atoms with Gasteiger partial charge in [0.2, 0.25) is 11.6 Å². The third kappa shape index (κ3) is 5.21. The zero-order chi connectivity index (χ0) is 26.8. The second-order valence-electron chi connectivity index (χ2n) is 7.34. The normalized spacial score (nSPS) is 14.4. The number of nitrogens with zero attached hydrogens (tertiary/aromatic N) is 4. The third-order valence-corrected chi connectivity index (χ3v) is 6.38. The van der Waals surface area contributed by atoms with Gasteiger partial charge in [-0.25, -0.2) is 23.8 Å². The van der Waals surface area contributed by atoms with E-state index in [0.29, 0.717) is 11.3 Å². The number of carbonyl (C=O) groups is 3. The van der Waals surface area contributed by atoms with Crippen molar-refractivity contribution < 1.29 is 48.7 Å². The molecule has 0 radical (unpaired) electrons. The molecule has 0 saturated carbocycles. The minimum Gasteiger partial charge on any atom is -0.479 e. The number of alkyl halides is 1. The maximum atomic E-state index is 15.3. The van der Waals surface area contributed by atoms with Crippen LogP contribution in [0.15, 0.2) is 18.5 Å². The van der Waals surface area contributed by atoms with Gasteiger partial charge in [0.25, 0.3) is 5.60 Å². The number of nitrogen functional groups attached to an aromatic ring is 1. The fraction of sp³-hybridized carbons (Fsp3) is 0.368. The molecule has 0 aromatic carbocycles. The minimum atomic E-state index is -2.89. The number of rotatable bonds is 12. The molecular weight excluding hydrogens is 529 g/mol. The lowest BCUT2D eigenvalue weighted by molar-refractivity contribution is -0.192. The highest BCUT2D eigenvalue weighted by molar-refractivity contribution is 7.13. The van der Waals surface area contributed by atoms with Gasteiger partial charge in [0.05, 0.1) is 12.9 Å². The van der Waals surface area contributed by atoms with Gasteiger partial charge in [-0.15, -0.1) is 11.3 Å². The molecule has 0 amide bonds. The summed E-state index contributed by atoms with van der Waals surface area (Å²) in [7, 11) is 1.06. The molecule has 0 unspecified atom stereocenters. The molecule has 0 aliphatic carbocycles. The average Bonchev–Trinajstić information content (AvgIpc) is 3.45. The van der Waals surface area contributed by atoms with Crippen molar-refractivity contribution in [3.05, 3.63) is 33.5 Å². The number of hydrogen-bond acceptors (Lipinski definition) is 11. The number of anilines is 1. The van der Waals surface area contributed by atoms with E-state index in [1.165, 1.54) is 12.1 Å². The van der Waals surface area contributed by atoms with Crippen LogP contribution in [0.1, 0.15) is 20.8 Å². The van der Waals surface area contributed by atoms with Crippen LogP contribution in [0, 0.1) is 0 Å². The van der Waals surface area contributed by atoms with Crippen molar-refractivity contribution in [1.82, 2.24) is 19.5 Å². The zero-order valence-electron chi connectivity index (χ0n) is 18.2. The van der Waals surface area contributed by atoms with Crippen LogP contribution in [-0.2, 0) is 25.5 Å². The molecular formula is C19H19ClFN5O9S. The number of hydrogen-bond donors (Lipinski definition) is 5. The number of imidazole rings is 1. The topological polar surface area (TPSA) is 220 Å². The fourth-order valence-corrected chi connectivity index (χ4v) is 4.30. The van der Waals surface area contributed by atoms with Crippen molar-refractivity contribution in [2.75, 3.05) is 19.5 Å². The highest BCUT2D eigenvalue weighted by Gasteiger charge is 2.50. The summed E-state index contributed by atoms with van der Waals surface area (Å²) in [6.07, 6.45) is -5.65. The van der Waals surface area contributed by atoms with Crippen molar-refractivity contribution in [3.8, 4) is 0 Å². The first kappa shape index (κ1) is 27.2. The Balaban J connectivity index is 1.84. The summed E-state index contributed by atoms with van der Waals surface area (Å²) in [5.74, 6) is -5.21. The smallest absolute Gasteiger partial charge is 0.348 e. The number of nitrogens with two attached hydrogens (primary N) is 1. The van der Waals surface area contributed by atoms with E-state index in [9.17, 15) is 29.7 Å². The highest BCUT2D eigenvalue weighted by Crippen LogP contribution is 2.29. The molecule has 3 atom stereocenters. The average molecular weight is 548 g/mol. The van der Waals surface area contributed by atoms with Crippen LogP contribution in [0.4, 0.5) is 10.2 Å². The Kier molecular flexibility index (Phi) is 8.05. The van der Waals surface area contributed by atoms with Crippen LogP contribution in [0.25, 0.3) is 11.2 Å². The number of aromatic carboxylic acids is 1. The molecule has 0 spiro atoms. The number of carboxylic acid groups (broad SMARTS) is 3. The minimum absolute atomic E-state index is 0.00640. The summed E-state index contributed by atoms with van der Waals surface area (Å²) in [5.41, 5.74) is 2.65. The van der Waals surface area contributed by atoms with Crippen LogP contribution >= 0.6 is 22.9 Å². The lowest BCUT2D eigenvalue weighted by atomic mass is 9.98. The highest BCUT2D eigenvalue weighted by atomic mass is 35.5. The summed E-state index contributed by atoms with van der Waals surface area (Å²) in [6.45, 7) is -0.877. The monoisotopic (exact) mass is 547 g/mol. The van der Waals surface area contributed by atoms with Crippen LogP contribution in [0.5, 0.6) is 0 Å². The van der Waals surface area contributed by atoms with Gasteiger partial charge in [-0.1, -0.05) is 0 Å². The predicted octanol–water partition coefficient (Wildman–Crippen LogP) is 0.833. The second kappa shape index (κ2) is 10.7. The van der Waals surface area contributed by atoms with E-state index in [1.54, 1.807) is 0 Å². The SMILES string of the molecule is CO[C@H](COC(Cc1ccc(C(=O)O)s1)(C(=O)O)C(=O)O)[C@@H](O)[C@H](F)n1cnc2c(N)nc(Cl)nc21. The fourth-order valence-electron chi connectivity index (χ4n) is 3.21. The molecule has 6 N–H and O–H groups in total. The molecule has 36 heavy (non-hydrogen) atoms. The lowest BCUT2D eigenvalue weighted by Gasteiger charge is -2.30. The van der Waals surface area contributed by atoms with E-state index in [4.69, 9.17) is 31.9 Å². The van der Waals surface area contributed by atoms with E-state index in [1.807, 2.05) is 0 Å². The van der Waals surface area contributed by atoms with Gasteiger partial charge in [0.15, 0.2) is 11.5 Å². The van der Waals surface area contributed by atoms with Crippen LogP contribution < -0.4 is 5.73 Å². The number of carboxylic acids is 3. The second-order valence-corrected chi connectivity index (χ2v) is 8.84. The standard InChI is InChI=1S/C19H19ClFN5O9S/c1-34-8(11(27)12(21)26-6-23-10-13(22)24-18(20)25-14(10)26)5-35-19(16(30)31,17(32)33)4-7-2-3-9(36-7)15(28)29/h2-3,6,8,11-12,27H,4-5H2,1H3,(H,28,29)(H,30,31)(H,32,33)(H2,22,24,25)/t8-,11-,12-/m1/s1. The summed E-state index contributed by atoms with van der Waals surface area (Å²) in [4.78, 5) is 46.4. The Morgan fingerprint density at radius 1 is 1.25 bits per heavy atom. The molecule has 17 heteroatoms. The molecule has 0 aliphatic rings. The Hall–Kier alpha value is -3.44. The summed E-state index contributed by atoms with van der Waals surface area (Å²) >= 11 is 6.42. The first-order valence-corrected chi connectivity index (χ1v) is 11.0. The maximum absolute atomic E-state index is 15.3. The van der Waals surface area contributed by atoms with Gasteiger partial charge in [-0.3, -0.25) is 4.57 Å². The van der Waals surface area contributed by atoms with E-state index in [-0.39, 0.29) is 32.0 Å². The molecule has 3 heterocycles. The van der Waals surface area contributed by atoms with Crippen LogP contribution in [0.2, 0.25) is 5.28 Å². The van der Waals surface area contributed by atoms with Crippen LogP contribution in [0.3, 0.4) is 0 Å². The van der Waals surface area contributed by atoms with Gasteiger partial charge in [0.1, 0.15) is 22.6 Å². The molecule has 14 nitrogen and oxygen atoms in total.